The Bertz CT molecular complexity index is 546. The van der Waals surface area contributed by atoms with E-state index < -0.39 is 0 Å². The van der Waals surface area contributed by atoms with Gasteiger partial charge in [-0.3, -0.25) is 0 Å². The number of hydrogen-bond donors (Lipinski definition) is 2. The summed E-state index contributed by atoms with van der Waals surface area (Å²) in [6.07, 6.45) is 5.56. The van der Waals surface area contributed by atoms with E-state index in [1.165, 1.54) is 36.0 Å². The number of nitrogens with one attached hydrogen (secondary N) is 2. The number of halogens is 1. The molecule has 0 spiro atoms. The fourth-order valence-electron chi connectivity index (χ4n) is 2.68. The highest BCUT2D eigenvalue weighted by Crippen LogP contribution is 2.20. The summed E-state index contributed by atoms with van der Waals surface area (Å²) >= 11 is 2.05. The molecule has 1 aromatic heterocycles. The van der Waals surface area contributed by atoms with Gasteiger partial charge in [0.15, 0.2) is 0 Å². The summed E-state index contributed by atoms with van der Waals surface area (Å²) in [4.78, 5) is 3.15. The van der Waals surface area contributed by atoms with Crippen LogP contribution < -0.4 is 5.32 Å². The molecule has 3 rings (SSSR count). The van der Waals surface area contributed by atoms with E-state index >= 15 is 0 Å². The number of aromatic amines is 1. The lowest BCUT2D eigenvalue weighted by Crippen LogP contribution is -2.33. The quantitative estimate of drug-likeness (QED) is 0.898. The molecule has 1 aliphatic heterocycles. The summed E-state index contributed by atoms with van der Waals surface area (Å²) < 4.78 is 13.1. The Morgan fingerprint density at radius 3 is 3.00 bits per heavy atom. The van der Waals surface area contributed by atoms with Gasteiger partial charge >= 0.3 is 0 Å². The van der Waals surface area contributed by atoms with E-state index in [4.69, 9.17) is 0 Å². The number of hydrogen-bond acceptors (Lipinski definition) is 2. The molecular formula is C15H19FN2S. The number of H-pyrrole nitrogens is 1. The molecule has 1 aromatic carbocycles. The standard InChI is InChI=1S/C15H19FN2S/c16-12-1-2-14-11(10-18-15(14)9-12)3-6-17-13-4-7-19-8-5-13/h1-2,9-10,13,17-18H,3-8H2. The van der Waals surface area contributed by atoms with E-state index in [-0.39, 0.29) is 5.82 Å². The summed E-state index contributed by atoms with van der Waals surface area (Å²) in [7, 11) is 0. The lowest BCUT2D eigenvalue weighted by molar-refractivity contribution is 0.486. The third-order valence-electron chi connectivity index (χ3n) is 3.78. The molecule has 2 aromatic rings. The Morgan fingerprint density at radius 2 is 2.16 bits per heavy atom. The number of benzene rings is 1. The topological polar surface area (TPSA) is 27.8 Å². The van der Waals surface area contributed by atoms with Crippen LogP contribution in [0.1, 0.15) is 18.4 Å². The predicted octanol–water partition coefficient (Wildman–Crippen LogP) is 3.33. The molecular weight excluding hydrogens is 259 g/mol. The zero-order chi connectivity index (χ0) is 13.1. The molecule has 0 radical (unpaired) electrons. The second-order valence-corrected chi connectivity index (χ2v) is 6.32. The van der Waals surface area contributed by atoms with Crippen LogP contribution in [0, 0.1) is 5.82 Å². The van der Waals surface area contributed by atoms with Crippen molar-refractivity contribution in [2.24, 2.45) is 0 Å². The highest BCUT2D eigenvalue weighted by molar-refractivity contribution is 7.99. The van der Waals surface area contributed by atoms with Gasteiger partial charge in [-0.05, 0) is 61.1 Å². The molecule has 4 heteroatoms. The van der Waals surface area contributed by atoms with E-state index in [0.717, 1.165) is 23.9 Å². The van der Waals surface area contributed by atoms with E-state index in [1.807, 2.05) is 12.3 Å². The molecule has 1 fully saturated rings. The maximum Gasteiger partial charge on any atom is 0.125 e. The smallest absolute Gasteiger partial charge is 0.125 e. The SMILES string of the molecule is Fc1ccc2c(CCNC3CCSCC3)c[nH]c2c1. The predicted molar refractivity (Wildman–Crippen MR) is 80.3 cm³/mol. The van der Waals surface area contributed by atoms with E-state index in [1.54, 1.807) is 6.07 Å². The van der Waals surface area contributed by atoms with E-state index in [2.05, 4.69) is 22.1 Å². The van der Waals surface area contributed by atoms with Crippen LogP contribution >= 0.6 is 11.8 Å². The molecule has 1 aliphatic rings. The normalized spacial score (nSPS) is 17.1. The molecule has 2 heterocycles. The van der Waals surface area contributed by atoms with Crippen LogP contribution in [0.25, 0.3) is 10.9 Å². The summed E-state index contributed by atoms with van der Waals surface area (Å²) in [6, 6.07) is 5.65. The van der Waals surface area contributed by atoms with Crippen LogP contribution in [-0.4, -0.2) is 29.1 Å². The van der Waals surface area contributed by atoms with Crippen LogP contribution in [0.4, 0.5) is 4.39 Å². The van der Waals surface area contributed by atoms with Crippen molar-refractivity contribution in [3.05, 3.63) is 35.8 Å². The van der Waals surface area contributed by atoms with Crippen LogP contribution in [0.5, 0.6) is 0 Å². The summed E-state index contributed by atoms with van der Waals surface area (Å²) in [5.41, 5.74) is 2.16. The Labute approximate surface area is 117 Å². The van der Waals surface area contributed by atoms with Gasteiger partial charge < -0.3 is 10.3 Å². The minimum Gasteiger partial charge on any atom is -0.361 e. The first-order valence-corrected chi connectivity index (χ1v) is 8.05. The lowest BCUT2D eigenvalue weighted by Gasteiger charge is -2.22. The van der Waals surface area contributed by atoms with Crippen molar-refractivity contribution in [2.75, 3.05) is 18.1 Å². The maximum atomic E-state index is 13.1. The van der Waals surface area contributed by atoms with Gasteiger partial charge in [0, 0.05) is 23.1 Å². The number of aromatic nitrogens is 1. The maximum absolute atomic E-state index is 13.1. The second-order valence-electron chi connectivity index (χ2n) is 5.09. The van der Waals surface area contributed by atoms with Crippen molar-refractivity contribution in [1.82, 2.24) is 10.3 Å². The van der Waals surface area contributed by atoms with Crippen LogP contribution in [0.2, 0.25) is 0 Å². The second kappa shape index (κ2) is 5.97. The van der Waals surface area contributed by atoms with Gasteiger partial charge in [0.05, 0.1) is 0 Å². The average molecular weight is 278 g/mol. The van der Waals surface area contributed by atoms with E-state index in [0.29, 0.717) is 6.04 Å². The Hall–Kier alpha value is -1.00. The average Bonchev–Trinajstić information content (AvgIpc) is 2.82. The zero-order valence-electron chi connectivity index (χ0n) is 10.9. The van der Waals surface area contributed by atoms with E-state index in [9.17, 15) is 4.39 Å². The van der Waals surface area contributed by atoms with Gasteiger partial charge in [0.1, 0.15) is 5.82 Å². The number of thioether (sulfide) groups is 1. The summed E-state index contributed by atoms with van der Waals surface area (Å²) in [5, 5.41) is 4.78. The van der Waals surface area contributed by atoms with Crippen LogP contribution in [0.15, 0.2) is 24.4 Å². The molecule has 2 N–H and O–H groups in total. The van der Waals surface area contributed by atoms with Crippen molar-refractivity contribution >= 4 is 22.7 Å². The Kier molecular flexibility index (Phi) is 4.09. The van der Waals surface area contributed by atoms with Gasteiger partial charge in [0.25, 0.3) is 0 Å². The molecule has 2 nitrogen and oxygen atoms in total. The van der Waals surface area contributed by atoms with Crippen molar-refractivity contribution in [3.63, 3.8) is 0 Å². The van der Waals surface area contributed by atoms with Gasteiger partial charge in [-0.1, -0.05) is 0 Å². The fourth-order valence-corrected chi connectivity index (χ4v) is 3.78. The van der Waals surface area contributed by atoms with Crippen LogP contribution in [-0.2, 0) is 6.42 Å². The summed E-state index contributed by atoms with van der Waals surface area (Å²) in [5.74, 6) is 2.38. The first-order valence-electron chi connectivity index (χ1n) is 6.89. The van der Waals surface area contributed by atoms with Crippen molar-refractivity contribution < 1.29 is 4.39 Å². The molecule has 1 saturated heterocycles. The molecule has 0 saturated carbocycles. The monoisotopic (exact) mass is 278 g/mol. The fraction of sp³-hybridized carbons (Fsp3) is 0.467. The van der Waals surface area contributed by atoms with Gasteiger partial charge in [-0.2, -0.15) is 11.8 Å². The Balaban J connectivity index is 1.59. The van der Waals surface area contributed by atoms with Crippen molar-refractivity contribution in [2.45, 2.75) is 25.3 Å². The highest BCUT2D eigenvalue weighted by atomic mass is 32.2. The minimum absolute atomic E-state index is 0.182. The van der Waals surface area contributed by atoms with Crippen LogP contribution in [0.3, 0.4) is 0 Å². The molecule has 102 valence electrons. The highest BCUT2D eigenvalue weighted by Gasteiger charge is 2.12. The van der Waals surface area contributed by atoms with Gasteiger partial charge in [-0.15, -0.1) is 0 Å². The number of rotatable bonds is 4. The first kappa shape index (κ1) is 13.0. The molecule has 0 atom stereocenters. The molecule has 0 aliphatic carbocycles. The zero-order valence-corrected chi connectivity index (χ0v) is 11.7. The van der Waals surface area contributed by atoms with Gasteiger partial charge in [0.2, 0.25) is 0 Å². The number of fused-ring (bicyclic) bond motifs is 1. The largest absolute Gasteiger partial charge is 0.361 e. The lowest BCUT2D eigenvalue weighted by atomic mass is 10.1. The third kappa shape index (κ3) is 3.12. The summed E-state index contributed by atoms with van der Waals surface area (Å²) in [6.45, 7) is 1.000. The van der Waals surface area contributed by atoms with Crippen molar-refractivity contribution in [1.29, 1.82) is 0 Å². The molecule has 0 unspecified atom stereocenters. The molecule has 0 bridgehead atoms. The van der Waals surface area contributed by atoms with Crippen molar-refractivity contribution in [3.8, 4) is 0 Å². The minimum atomic E-state index is -0.182. The third-order valence-corrected chi connectivity index (χ3v) is 4.83. The van der Waals surface area contributed by atoms with Gasteiger partial charge in [-0.25, -0.2) is 4.39 Å². The first-order chi connectivity index (χ1) is 9.33. The molecule has 0 amide bonds. The Morgan fingerprint density at radius 1 is 1.32 bits per heavy atom. The molecule has 19 heavy (non-hydrogen) atoms.